The second-order valence-corrected chi connectivity index (χ2v) is 9.50. The third kappa shape index (κ3) is 5.03. The molecule has 4 aromatic rings. The van der Waals surface area contributed by atoms with Crippen LogP contribution in [0.4, 0.5) is 5.69 Å². The summed E-state index contributed by atoms with van der Waals surface area (Å²) in [6, 6.07) is 15.4. The maximum Gasteiger partial charge on any atom is 0.287 e. The lowest BCUT2D eigenvalue weighted by Gasteiger charge is -2.22. The van der Waals surface area contributed by atoms with Gasteiger partial charge < -0.3 is 4.74 Å². The molecule has 0 spiro atoms. The fraction of sp³-hybridized carbons (Fsp3) is 0.231. The minimum Gasteiger partial charge on any atom is -0.438 e. The minimum atomic E-state index is -0.519. The van der Waals surface area contributed by atoms with E-state index >= 15 is 0 Å². The smallest absolute Gasteiger partial charge is 0.287 e. The van der Waals surface area contributed by atoms with Gasteiger partial charge in [-0.3, -0.25) is 14.9 Å². The molecule has 0 N–H and O–H groups in total. The van der Waals surface area contributed by atoms with E-state index in [0.717, 1.165) is 36.4 Å². The lowest BCUT2D eigenvalue weighted by Crippen LogP contribution is -2.25. The normalized spacial score (nSPS) is 14.4. The molecular weight excluding hydrogens is 526 g/mol. The van der Waals surface area contributed by atoms with E-state index in [1.54, 1.807) is 30.5 Å². The van der Waals surface area contributed by atoms with Gasteiger partial charge in [0.2, 0.25) is 5.88 Å². The molecular formula is C26H22BrN5O4. The molecule has 0 unspecified atom stereocenters. The zero-order valence-electron chi connectivity index (χ0n) is 19.2. The zero-order chi connectivity index (χ0) is 25.1. The van der Waals surface area contributed by atoms with Gasteiger partial charge in [0.1, 0.15) is 17.8 Å². The van der Waals surface area contributed by atoms with Crippen molar-refractivity contribution in [2.24, 2.45) is 5.10 Å². The molecule has 182 valence electrons. The molecule has 0 radical (unpaired) electrons. The SMILES string of the molecule is O=c1c2cc(Br)ccc2nc(C2CCCCC2)n1N=Cc1ccccc1Oc1ccc([N+](=O)[O-])cn1. The summed E-state index contributed by atoms with van der Waals surface area (Å²) < 4.78 is 8.07. The highest BCUT2D eigenvalue weighted by Gasteiger charge is 2.22. The van der Waals surface area contributed by atoms with Crippen molar-refractivity contribution >= 4 is 38.7 Å². The van der Waals surface area contributed by atoms with E-state index < -0.39 is 4.92 Å². The number of fused-ring (bicyclic) bond motifs is 1. The molecule has 36 heavy (non-hydrogen) atoms. The van der Waals surface area contributed by atoms with Gasteiger partial charge in [-0.2, -0.15) is 9.78 Å². The minimum absolute atomic E-state index is 0.123. The van der Waals surface area contributed by atoms with Gasteiger partial charge >= 0.3 is 0 Å². The van der Waals surface area contributed by atoms with Gasteiger partial charge in [-0.1, -0.05) is 47.3 Å². The average Bonchev–Trinajstić information content (AvgIpc) is 2.90. The number of hydrogen-bond acceptors (Lipinski definition) is 7. The second kappa shape index (κ2) is 10.4. The highest BCUT2D eigenvalue weighted by Crippen LogP contribution is 2.32. The van der Waals surface area contributed by atoms with Gasteiger partial charge in [0.15, 0.2) is 0 Å². The summed E-state index contributed by atoms with van der Waals surface area (Å²) in [6.07, 6.45) is 8.03. The van der Waals surface area contributed by atoms with Crippen molar-refractivity contribution in [2.45, 2.75) is 38.0 Å². The van der Waals surface area contributed by atoms with Crippen LogP contribution in [0.2, 0.25) is 0 Å². The Kier molecular flexibility index (Phi) is 6.86. The number of nitrogens with zero attached hydrogens (tertiary/aromatic N) is 5. The highest BCUT2D eigenvalue weighted by atomic mass is 79.9. The predicted molar refractivity (Wildman–Crippen MR) is 140 cm³/mol. The van der Waals surface area contributed by atoms with Crippen LogP contribution in [-0.2, 0) is 0 Å². The molecule has 1 fully saturated rings. The molecule has 0 amide bonds. The number of benzene rings is 2. The Bertz CT molecular complexity index is 1510. The molecule has 0 aliphatic heterocycles. The largest absolute Gasteiger partial charge is 0.438 e. The van der Waals surface area contributed by atoms with E-state index in [9.17, 15) is 14.9 Å². The first-order chi connectivity index (χ1) is 17.5. The van der Waals surface area contributed by atoms with Gasteiger partial charge in [0.05, 0.1) is 22.0 Å². The Morgan fingerprint density at radius 3 is 2.67 bits per heavy atom. The highest BCUT2D eigenvalue weighted by molar-refractivity contribution is 9.10. The maximum absolute atomic E-state index is 13.5. The number of nitro groups is 1. The van der Waals surface area contributed by atoms with Crippen LogP contribution in [0, 0.1) is 10.1 Å². The van der Waals surface area contributed by atoms with Crippen LogP contribution in [0.1, 0.15) is 49.4 Å². The van der Waals surface area contributed by atoms with Crippen LogP contribution in [0.25, 0.3) is 10.9 Å². The summed E-state index contributed by atoms with van der Waals surface area (Å²) in [5.41, 5.74) is 0.924. The first-order valence-electron chi connectivity index (χ1n) is 11.6. The summed E-state index contributed by atoms with van der Waals surface area (Å²) in [5, 5.41) is 16.0. The quantitative estimate of drug-likeness (QED) is 0.162. The summed E-state index contributed by atoms with van der Waals surface area (Å²) in [5.74, 6) is 1.48. The molecule has 2 heterocycles. The first-order valence-corrected chi connectivity index (χ1v) is 12.4. The molecule has 9 nitrogen and oxygen atoms in total. The monoisotopic (exact) mass is 547 g/mol. The lowest BCUT2D eigenvalue weighted by atomic mass is 9.88. The van der Waals surface area contributed by atoms with Crippen LogP contribution >= 0.6 is 15.9 Å². The molecule has 1 aliphatic carbocycles. The molecule has 5 rings (SSSR count). The third-order valence-electron chi connectivity index (χ3n) is 6.18. The lowest BCUT2D eigenvalue weighted by molar-refractivity contribution is -0.385. The van der Waals surface area contributed by atoms with Crippen molar-refractivity contribution in [1.29, 1.82) is 0 Å². The van der Waals surface area contributed by atoms with Gasteiger partial charge in [-0.05, 0) is 43.2 Å². The van der Waals surface area contributed by atoms with Gasteiger partial charge in [0, 0.05) is 28.1 Å². The molecule has 2 aromatic carbocycles. The molecule has 0 saturated heterocycles. The van der Waals surface area contributed by atoms with Crippen LogP contribution in [0.3, 0.4) is 0 Å². The number of ether oxygens (including phenoxy) is 1. The van der Waals surface area contributed by atoms with Crippen LogP contribution in [0.15, 0.2) is 75.2 Å². The summed E-state index contributed by atoms with van der Waals surface area (Å²) in [7, 11) is 0. The van der Waals surface area contributed by atoms with Crippen molar-refractivity contribution in [3.8, 4) is 11.6 Å². The Hall–Kier alpha value is -3.92. The van der Waals surface area contributed by atoms with E-state index in [1.165, 1.54) is 23.2 Å². The molecule has 2 aromatic heterocycles. The van der Waals surface area contributed by atoms with Gasteiger partial charge in [-0.15, -0.1) is 0 Å². The molecule has 10 heteroatoms. The molecule has 0 bridgehead atoms. The molecule has 1 saturated carbocycles. The second-order valence-electron chi connectivity index (χ2n) is 8.58. The summed E-state index contributed by atoms with van der Waals surface area (Å²) in [4.78, 5) is 32.8. The molecule has 1 aliphatic rings. The fourth-order valence-corrected chi connectivity index (χ4v) is 4.72. The number of halogens is 1. The number of pyridine rings is 1. The number of aromatic nitrogens is 3. The van der Waals surface area contributed by atoms with Crippen molar-refractivity contribution < 1.29 is 9.66 Å². The third-order valence-corrected chi connectivity index (χ3v) is 6.67. The Labute approximate surface area is 214 Å². The molecule has 0 atom stereocenters. The van der Waals surface area contributed by atoms with E-state index in [0.29, 0.717) is 28.0 Å². The van der Waals surface area contributed by atoms with E-state index in [-0.39, 0.29) is 23.0 Å². The zero-order valence-corrected chi connectivity index (χ0v) is 20.8. The summed E-state index contributed by atoms with van der Waals surface area (Å²) >= 11 is 3.44. The predicted octanol–water partition coefficient (Wildman–Crippen LogP) is 6.18. The van der Waals surface area contributed by atoms with Crippen molar-refractivity contribution in [2.75, 3.05) is 0 Å². The van der Waals surface area contributed by atoms with Crippen LogP contribution in [-0.4, -0.2) is 25.8 Å². The average molecular weight is 548 g/mol. The Balaban J connectivity index is 1.53. The van der Waals surface area contributed by atoms with Crippen molar-refractivity contribution in [3.63, 3.8) is 0 Å². The number of hydrogen-bond donors (Lipinski definition) is 0. The van der Waals surface area contributed by atoms with Gasteiger partial charge in [-0.25, -0.2) is 9.97 Å². The van der Waals surface area contributed by atoms with E-state index in [4.69, 9.17) is 9.72 Å². The standard InChI is InChI=1S/C26H22BrN5O4/c27-19-10-12-22-21(14-19)26(33)31(25(30-22)17-6-2-1-3-7-17)29-15-18-8-4-5-9-23(18)36-24-13-11-20(16-28-24)32(34)35/h4-5,8-17H,1-3,6-7H2. The van der Waals surface area contributed by atoms with Gasteiger partial charge in [0.25, 0.3) is 11.2 Å². The van der Waals surface area contributed by atoms with Crippen molar-refractivity contribution in [3.05, 3.63) is 97.1 Å². The summed E-state index contributed by atoms with van der Waals surface area (Å²) in [6.45, 7) is 0. The number of para-hydroxylation sites is 1. The first kappa shape index (κ1) is 23.8. The Morgan fingerprint density at radius 1 is 1.11 bits per heavy atom. The van der Waals surface area contributed by atoms with E-state index in [2.05, 4.69) is 26.0 Å². The van der Waals surface area contributed by atoms with E-state index in [1.807, 2.05) is 18.2 Å². The maximum atomic E-state index is 13.5. The topological polar surface area (TPSA) is 113 Å². The van der Waals surface area contributed by atoms with Crippen molar-refractivity contribution in [1.82, 2.24) is 14.6 Å². The van der Waals surface area contributed by atoms with Crippen LogP contribution < -0.4 is 10.3 Å². The van der Waals surface area contributed by atoms with Crippen LogP contribution in [0.5, 0.6) is 11.6 Å². The fourth-order valence-electron chi connectivity index (χ4n) is 4.36. The Morgan fingerprint density at radius 2 is 1.92 bits per heavy atom. The number of rotatable bonds is 6.